The van der Waals surface area contributed by atoms with Gasteiger partial charge in [-0.3, -0.25) is 9.10 Å². The summed E-state index contributed by atoms with van der Waals surface area (Å²) >= 11 is 7.67. The fourth-order valence-corrected chi connectivity index (χ4v) is 7.06. The Labute approximate surface area is 245 Å². The van der Waals surface area contributed by atoms with E-state index >= 15 is 0 Å². The molecule has 3 aromatic heterocycles. The summed E-state index contributed by atoms with van der Waals surface area (Å²) in [5.41, 5.74) is 1.49. The van der Waals surface area contributed by atoms with Crippen LogP contribution in [0.25, 0.3) is 11.0 Å². The molecule has 0 aliphatic heterocycles. The molecule has 9 nitrogen and oxygen atoms in total. The molecule has 0 saturated carbocycles. The van der Waals surface area contributed by atoms with E-state index in [9.17, 15) is 23.1 Å². The van der Waals surface area contributed by atoms with Crippen LogP contribution in [0.4, 0.5) is 5.69 Å². The molecule has 12 heteroatoms. The highest BCUT2D eigenvalue weighted by Gasteiger charge is 2.29. The summed E-state index contributed by atoms with van der Waals surface area (Å²) in [6.45, 7) is 3.57. The number of rotatable bonds is 10. The first-order valence-electron chi connectivity index (χ1n) is 12.5. The van der Waals surface area contributed by atoms with Crippen molar-refractivity contribution in [2.45, 2.75) is 31.8 Å². The molecule has 0 spiro atoms. The van der Waals surface area contributed by atoms with Crippen LogP contribution in [0.1, 0.15) is 44.0 Å². The number of benzene rings is 2. The number of furan rings is 2. The zero-order chi connectivity index (χ0) is 29.3. The van der Waals surface area contributed by atoms with E-state index in [2.05, 4.69) is 0 Å². The van der Waals surface area contributed by atoms with Gasteiger partial charge in [-0.2, -0.15) is 0 Å². The Morgan fingerprint density at radius 3 is 2.51 bits per heavy atom. The second-order valence-electron chi connectivity index (χ2n) is 9.18. The molecule has 0 saturated heterocycles. The van der Waals surface area contributed by atoms with E-state index in [4.69, 9.17) is 20.4 Å². The maximum absolute atomic E-state index is 14.0. The Bertz CT molecular complexity index is 1830. The normalized spacial score (nSPS) is 11.6. The summed E-state index contributed by atoms with van der Waals surface area (Å²) in [6.07, 6.45) is 1.53. The lowest BCUT2D eigenvalue weighted by Crippen LogP contribution is -2.34. The largest absolute Gasteiger partial charge is 0.475 e. The molecule has 212 valence electrons. The molecule has 0 unspecified atom stereocenters. The monoisotopic (exact) mass is 612 g/mol. The number of carbonyl (C=O) groups excluding carboxylic acids is 1. The second-order valence-corrected chi connectivity index (χ2v) is 12.4. The highest BCUT2D eigenvalue weighted by Crippen LogP contribution is 2.34. The van der Waals surface area contributed by atoms with Gasteiger partial charge in [0.25, 0.3) is 15.9 Å². The van der Waals surface area contributed by atoms with Crippen LogP contribution >= 0.6 is 22.9 Å². The van der Waals surface area contributed by atoms with E-state index in [1.165, 1.54) is 40.1 Å². The van der Waals surface area contributed by atoms with Crippen molar-refractivity contribution in [1.82, 2.24) is 4.90 Å². The maximum Gasteiger partial charge on any atom is 0.372 e. The summed E-state index contributed by atoms with van der Waals surface area (Å²) in [6, 6.07) is 16.1. The number of anilines is 1. The molecule has 0 bridgehead atoms. The van der Waals surface area contributed by atoms with E-state index in [0.717, 1.165) is 0 Å². The average Bonchev–Trinajstić information content (AvgIpc) is 3.71. The number of aromatic carboxylic acids is 1. The van der Waals surface area contributed by atoms with Crippen LogP contribution in [0.5, 0.6) is 0 Å². The minimum absolute atomic E-state index is 0.0318. The quantitative estimate of drug-likeness (QED) is 0.184. The number of amides is 1. The van der Waals surface area contributed by atoms with Gasteiger partial charge in [0, 0.05) is 29.1 Å². The number of carbonyl (C=O) groups is 2. The molecule has 3 heterocycles. The molecule has 1 N–H and O–H groups in total. The van der Waals surface area contributed by atoms with Gasteiger partial charge in [0.1, 0.15) is 11.3 Å². The smallest absolute Gasteiger partial charge is 0.372 e. The molecule has 5 rings (SSSR count). The fraction of sp³-hybridized carbons (Fsp3) is 0.172. The number of carboxylic acids is 1. The summed E-state index contributed by atoms with van der Waals surface area (Å²) in [5.74, 6) is -1.14. The van der Waals surface area contributed by atoms with Gasteiger partial charge in [-0.15, -0.1) is 11.3 Å². The van der Waals surface area contributed by atoms with Crippen molar-refractivity contribution in [3.63, 3.8) is 0 Å². The lowest BCUT2D eigenvalue weighted by atomic mass is 10.1. The van der Waals surface area contributed by atoms with Gasteiger partial charge < -0.3 is 18.8 Å². The van der Waals surface area contributed by atoms with Gasteiger partial charge in [0.05, 0.1) is 28.3 Å². The highest BCUT2D eigenvalue weighted by molar-refractivity contribution is 7.92. The molecule has 0 fully saturated rings. The number of halogens is 1. The van der Waals surface area contributed by atoms with Crippen LogP contribution in [-0.2, 0) is 23.1 Å². The van der Waals surface area contributed by atoms with Crippen LogP contribution in [-0.4, -0.2) is 36.8 Å². The van der Waals surface area contributed by atoms with Gasteiger partial charge >= 0.3 is 5.97 Å². The average molecular weight is 613 g/mol. The minimum Gasteiger partial charge on any atom is -0.475 e. The second kappa shape index (κ2) is 11.4. The molecule has 0 radical (unpaired) electrons. The van der Waals surface area contributed by atoms with E-state index in [0.29, 0.717) is 37.9 Å². The SMILES string of the molecule is CCN(c1ccc(Cl)cc1CN(Cc1ccco1)C(=O)c1cccs1)S(=O)(=O)c1ccc2oc(C(=O)O)c(C)c2c1. The first-order valence-corrected chi connectivity index (χ1v) is 15.2. The third kappa shape index (κ3) is 5.61. The van der Waals surface area contributed by atoms with Crippen molar-refractivity contribution < 1.29 is 31.9 Å². The van der Waals surface area contributed by atoms with E-state index in [1.807, 2.05) is 5.38 Å². The molecule has 0 aliphatic carbocycles. The Morgan fingerprint density at radius 2 is 1.85 bits per heavy atom. The van der Waals surface area contributed by atoms with Crippen LogP contribution in [0, 0.1) is 6.92 Å². The topological polar surface area (TPSA) is 121 Å². The maximum atomic E-state index is 14.0. The standard InChI is InChI=1S/C29H25ClN2O7S2/c1-3-32(41(36,37)22-9-11-25-23(15-22)18(2)27(39-25)29(34)35)24-10-8-20(30)14-19(24)16-31(17-21-6-4-12-38-21)28(33)26-7-5-13-40-26/h4-15H,3,16-17H2,1-2H3,(H,34,35). The molecular formula is C29H25ClN2O7S2. The van der Waals surface area contributed by atoms with Crippen LogP contribution in [0.15, 0.2) is 86.0 Å². The Balaban J connectivity index is 1.55. The lowest BCUT2D eigenvalue weighted by Gasteiger charge is -2.28. The van der Waals surface area contributed by atoms with Crippen molar-refractivity contribution in [1.29, 1.82) is 0 Å². The number of sulfonamides is 1. The number of carboxylic acid groups (broad SMARTS) is 1. The fourth-order valence-electron chi connectivity index (χ4n) is 4.64. The summed E-state index contributed by atoms with van der Waals surface area (Å²) in [7, 11) is -4.13. The molecule has 0 aliphatic rings. The van der Waals surface area contributed by atoms with Crippen molar-refractivity contribution >= 4 is 61.5 Å². The highest BCUT2D eigenvalue weighted by atomic mass is 35.5. The zero-order valence-electron chi connectivity index (χ0n) is 22.0. The summed E-state index contributed by atoms with van der Waals surface area (Å²) in [4.78, 5) is 27.1. The molecular weight excluding hydrogens is 588 g/mol. The lowest BCUT2D eigenvalue weighted by molar-refractivity contribution is 0.0663. The van der Waals surface area contributed by atoms with Crippen molar-refractivity contribution in [2.75, 3.05) is 10.8 Å². The van der Waals surface area contributed by atoms with Gasteiger partial charge in [-0.05, 0) is 79.4 Å². The molecule has 2 aromatic carbocycles. The van der Waals surface area contributed by atoms with Gasteiger partial charge in [0.2, 0.25) is 5.76 Å². The number of hydrogen-bond acceptors (Lipinski definition) is 7. The minimum atomic E-state index is -4.13. The molecule has 1 amide bonds. The Morgan fingerprint density at radius 1 is 1.05 bits per heavy atom. The molecule has 5 aromatic rings. The van der Waals surface area contributed by atoms with Crippen LogP contribution in [0.2, 0.25) is 5.02 Å². The van der Waals surface area contributed by atoms with Crippen LogP contribution in [0.3, 0.4) is 0 Å². The zero-order valence-corrected chi connectivity index (χ0v) is 24.4. The number of hydrogen-bond donors (Lipinski definition) is 1. The number of thiophene rings is 1. The number of nitrogens with zero attached hydrogens (tertiary/aromatic N) is 2. The summed E-state index contributed by atoms with van der Waals surface area (Å²) < 4.78 is 40.2. The van der Waals surface area contributed by atoms with Crippen molar-refractivity contribution in [3.05, 3.63) is 105 Å². The first kappa shape index (κ1) is 28.5. The Kier molecular flexibility index (Phi) is 7.94. The van der Waals surface area contributed by atoms with Gasteiger partial charge in [-0.25, -0.2) is 13.2 Å². The first-order chi connectivity index (χ1) is 19.6. The number of aryl methyl sites for hydroxylation is 1. The van der Waals surface area contributed by atoms with E-state index in [-0.39, 0.29) is 41.8 Å². The molecule has 0 atom stereocenters. The third-order valence-corrected chi connectivity index (χ3v) is 9.57. The van der Waals surface area contributed by atoms with Gasteiger partial charge in [0.15, 0.2) is 0 Å². The third-order valence-electron chi connectivity index (χ3n) is 6.59. The molecule has 41 heavy (non-hydrogen) atoms. The Hall–Kier alpha value is -4.06. The van der Waals surface area contributed by atoms with Gasteiger partial charge in [-0.1, -0.05) is 17.7 Å². The van der Waals surface area contributed by atoms with E-state index < -0.39 is 16.0 Å². The van der Waals surface area contributed by atoms with Crippen molar-refractivity contribution in [3.8, 4) is 0 Å². The van der Waals surface area contributed by atoms with Crippen LogP contribution < -0.4 is 4.31 Å². The number of fused-ring (bicyclic) bond motifs is 1. The predicted molar refractivity (Wildman–Crippen MR) is 156 cm³/mol. The predicted octanol–water partition coefficient (Wildman–Crippen LogP) is 6.81. The summed E-state index contributed by atoms with van der Waals surface area (Å²) in [5, 5.41) is 12.0. The van der Waals surface area contributed by atoms with Crippen molar-refractivity contribution in [2.24, 2.45) is 0 Å². The van der Waals surface area contributed by atoms with E-state index in [1.54, 1.807) is 61.2 Å².